The summed E-state index contributed by atoms with van der Waals surface area (Å²) in [7, 11) is 0. The predicted molar refractivity (Wildman–Crippen MR) is 93.9 cm³/mol. The molecular weight excluding hydrogens is 333 g/mol. The number of thiophene rings is 1. The standard InChI is InChI=1S/C18H15ClFNOS/c1-11(9-12-10-23-16-8-3-2-5-13(12)16)21-18(22)17-14(19)6-4-7-15(17)20/h2-8,10-11H,9H2,1H3,(H,21,22). The normalized spacial score (nSPS) is 12.3. The number of fused-ring (bicyclic) bond motifs is 1. The van der Waals surface area contributed by atoms with Crippen molar-refractivity contribution in [3.05, 3.63) is 69.8 Å². The van der Waals surface area contributed by atoms with Gasteiger partial charge in [-0.3, -0.25) is 4.79 Å². The van der Waals surface area contributed by atoms with Crippen LogP contribution in [0.3, 0.4) is 0 Å². The molecule has 0 aliphatic heterocycles. The number of rotatable bonds is 4. The van der Waals surface area contributed by atoms with Crippen molar-refractivity contribution < 1.29 is 9.18 Å². The van der Waals surface area contributed by atoms with E-state index in [9.17, 15) is 9.18 Å². The maximum atomic E-state index is 13.8. The fraction of sp³-hybridized carbons (Fsp3) is 0.167. The maximum Gasteiger partial charge on any atom is 0.255 e. The van der Waals surface area contributed by atoms with Crippen molar-refractivity contribution >= 4 is 38.9 Å². The monoisotopic (exact) mass is 347 g/mol. The number of carbonyl (C=O) groups is 1. The third-order valence-electron chi connectivity index (χ3n) is 3.65. The molecule has 0 saturated carbocycles. The van der Waals surface area contributed by atoms with Crippen molar-refractivity contribution in [1.29, 1.82) is 0 Å². The van der Waals surface area contributed by atoms with E-state index >= 15 is 0 Å². The minimum Gasteiger partial charge on any atom is -0.349 e. The molecule has 118 valence electrons. The number of nitrogens with one attached hydrogen (secondary N) is 1. The van der Waals surface area contributed by atoms with Crippen molar-refractivity contribution in [2.24, 2.45) is 0 Å². The molecule has 3 aromatic rings. The van der Waals surface area contributed by atoms with Crippen molar-refractivity contribution in [2.45, 2.75) is 19.4 Å². The molecule has 1 unspecified atom stereocenters. The first-order valence-corrected chi connectivity index (χ1v) is 8.52. The average Bonchev–Trinajstić information content (AvgIpc) is 2.90. The van der Waals surface area contributed by atoms with Crippen LogP contribution < -0.4 is 5.32 Å². The van der Waals surface area contributed by atoms with E-state index in [0.29, 0.717) is 6.42 Å². The molecule has 5 heteroatoms. The Hall–Kier alpha value is -1.91. The van der Waals surface area contributed by atoms with Gasteiger partial charge in [0, 0.05) is 10.7 Å². The molecule has 1 heterocycles. The maximum absolute atomic E-state index is 13.8. The van der Waals surface area contributed by atoms with E-state index in [0.717, 1.165) is 0 Å². The fourth-order valence-electron chi connectivity index (χ4n) is 2.58. The molecule has 1 N–H and O–H groups in total. The van der Waals surface area contributed by atoms with Gasteiger partial charge in [-0.1, -0.05) is 35.9 Å². The van der Waals surface area contributed by atoms with Gasteiger partial charge < -0.3 is 5.32 Å². The van der Waals surface area contributed by atoms with Gasteiger partial charge in [-0.05, 0) is 47.9 Å². The van der Waals surface area contributed by atoms with Crippen LogP contribution in [0.5, 0.6) is 0 Å². The van der Waals surface area contributed by atoms with Gasteiger partial charge in [0.1, 0.15) is 5.82 Å². The highest BCUT2D eigenvalue weighted by atomic mass is 35.5. The molecule has 23 heavy (non-hydrogen) atoms. The summed E-state index contributed by atoms with van der Waals surface area (Å²) in [5.41, 5.74) is 1.08. The lowest BCUT2D eigenvalue weighted by Gasteiger charge is -2.14. The second-order valence-electron chi connectivity index (χ2n) is 5.43. The number of carbonyl (C=O) groups excluding carboxylic acids is 1. The number of benzene rings is 2. The lowest BCUT2D eigenvalue weighted by molar-refractivity contribution is 0.0936. The van der Waals surface area contributed by atoms with Gasteiger partial charge in [0.25, 0.3) is 5.91 Å². The number of hydrogen-bond donors (Lipinski definition) is 1. The topological polar surface area (TPSA) is 29.1 Å². The van der Waals surface area contributed by atoms with Crippen LogP contribution in [0.2, 0.25) is 5.02 Å². The highest BCUT2D eigenvalue weighted by Gasteiger charge is 2.18. The Balaban J connectivity index is 1.74. The Labute approximate surface area is 142 Å². The largest absolute Gasteiger partial charge is 0.349 e. The quantitative estimate of drug-likeness (QED) is 0.702. The van der Waals surface area contributed by atoms with Gasteiger partial charge in [-0.25, -0.2) is 4.39 Å². The molecule has 1 amide bonds. The molecule has 2 nitrogen and oxygen atoms in total. The van der Waals surface area contributed by atoms with Crippen molar-refractivity contribution in [1.82, 2.24) is 5.32 Å². The fourth-order valence-corrected chi connectivity index (χ4v) is 3.81. The SMILES string of the molecule is CC(Cc1csc2ccccc12)NC(=O)c1c(F)cccc1Cl. The van der Waals surface area contributed by atoms with E-state index in [1.165, 1.54) is 33.8 Å². The summed E-state index contributed by atoms with van der Waals surface area (Å²) in [6, 6.07) is 12.3. The zero-order valence-corrected chi connectivity index (χ0v) is 14.0. The van der Waals surface area contributed by atoms with Crippen LogP contribution in [0.15, 0.2) is 47.8 Å². The van der Waals surface area contributed by atoms with Crippen LogP contribution in [0.4, 0.5) is 4.39 Å². The van der Waals surface area contributed by atoms with Crippen LogP contribution in [0.25, 0.3) is 10.1 Å². The molecule has 1 atom stereocenters. The van der Waals surface area contributed by atoms with E-state index in [4.69, 9.17) is 11.6 Å². The molecule has 2 aromatic carbocycles. The minimum atomic E-state index is -0.608. The van der Waals surface area contributed by atoms with Crippen LogP contribution in [-0.2, 0) is 6.42 Å². The summed E-state index contributed by atoms with van der Waals surface area (Å²) in [5, 5.41) is 6.24. The van der Waals surface area contributed by atoms with Crippen LogP contribution >= 0.6 is 22.9 Å². The summed E-state index contributed by atoms with van der Waals surface area (Å²) in [6.45, 7) is 1.90. The van der Waals surface area contributed by atoms with E-state index in [-0.39, 0.29) is 16.6 Å². The number of amides is 1. The van der Waals surface area contributed by atoms with Gasteiger partial charge in [-0.15, -0.1) is 11.3 Å². The Bertz CT molecular complexity index is 841. The Morgan fingerprint density at radius 2 is 2.04 bits per heavy atom. The van der Waals surface area contributed by atoms with Crippen LogP contribution in [0.1, 0.15) is 22.8 Å². The van der Waals surface area contributed by atoms with Crippen molar-refractivity contribution in [3.8, 4) is 0 Å². The second-order valence-corrected chi connectivity index (χ2v) is 6.75. The van der Waals surface area contributed by atoms with Crippen LogP contribution in [0, 0.1) is 5.82 Å². The first kappa shape index (κ1) is 16.0. The summed E-state index contributed by atoms with van der Waals surface area (Å²) in [6.07, 6.45) is 0.682. The Kier molecular flexibility index (Phi) is 4.64. The van der Waals surface area contributed by atoms with Gasteiger partial charge >= 0.3 is 0 Å². The molecule has 3 rings (SSSR count). The number of hydrogen-bond acceptors (Lipinski definition) is 2. The summed E-state index contributed by atoms with van der Waals surface area (Å²) in [5.74, 6) is -1.09. The second kappa shape index (κ2) is 6.69. The van der Waals surface area contributed by atoms with Crippen molar-refractivity contribution in [3.63, 3.8) is 0 Å². The third kappa shape index (κ3) is 3.38. The lowest BCUT2D eigenvalue weighted by Crippen LogP contribution is -2.34. The predicted octanol–water partition coefficient (Wildman–Crippen LogP) is 5.05. The third-order valence-corrected chi connectivity index (χ3v) is 4.98. The van der Waals surface area contributed by atoms with Gasteiger partial charge in [0.15, 0.2) is 0 Å². The highest BCUT2D eigenvalue weighted by molar-refractivity contribution is 7.17. The summed E-state index contributed by atoms with van der Waals surface area (Å²) in [4.78, 5) is 12.3. The Morgan fingerprint density at radius 1 is 1.26 bits per heavy atom. The summed E-state index contributed by atoms with van der Waals surface area (Å²) < 4.78 is 15.0. The molecule has 1 aromatic heterocycles. The average molecular weight is 348 g/mol. The first-order chi connectivity index (χ1) is 11.1. The molecule has 0 aliphatic rings. The minimum absolute atomic E-state index is 0.101. The van der Waals surface area contributed by atoms with E-state index in [1.54, 1.807) is 11.3 Å². The summed E-state index contributed by atoms with van der Waals surface area (Å²) >= 11 is 7.61. The molecule has 0 spiro atoms. The zero-order chi connectivity index (χ0) is 16.4. The molecule has 0 bridgehead atoms. The first-order valence-electron chi connectivity index (χ1n) is 7.26. The van der Waals surface area contributed by atoms with Crippen molar-refractivity contribution in [2.75, 3.05) is 0 Å². The molecule has 0 fully saturated rings. The van der Waals surface area contributed by atoms with E-state index in [1.807, 2.05) is 19.1 Å². The Morgan fingerprint density at radius 3 is 2.83 bits per heavy atom. The molecular formula is C18H15ClFNOS. The van der Waals surface area contributed by atoms with E-state index in [2.05, 4.69) is 22.8 Å². The van der Waals surface area contributed by atoms with E-state index < -0.39 is 11.7 Å². The number of halogens is 2. The molecule has 0 saturated heterocycles. The lowest BCUT2D eigenvalue weighted by atomic mass is 10.1. The molecule has 0 aliphatic carbocycles. The van der Waals surface area contributed by atoms with Gasteiger partial charge in [0.05, 0.1) is 10.6 Å². The van der Waals surface area contributed by atoms with Gasteiger partial charge in [0.2, 0.25) is 0 Å². The molecule has 0 radical (unpaired) electrons. The van der Waals surface area contributed by atoms with Crippen LogP contribution in [-0.4, -0.2) is 11.9 Å². The zero-order valence-electron chi connectivity index (χ0n) is 12.5. The highest BCUT2D eigenvalue weighted by Crippen LogP contribution is 2.26. The van der Waals surface area contributed by atoms with Gasteiger partial charge in [-0.2, -0.15) is 0 Å². The smallest absolute Gasteiger partial charge is 0.255 e.